The van der Waals surface area contributed by atoms with Crippen LogP contribution in [0.5, 0.6) is 0 Å². The lowest BCUT2D eigenvalue weighted by Gasteiger charge is -2.37. The smallest absolute Gasteiger partial charge is 0.223 e. The highest BCUT2D eigenvalue weighted by Crippen LogP contribution is 2.40. The minimum atomic E-state index is 0.130. The number of hydrogen-bond acceptors (Lipinski definition) is 2. The monoisotopic (exact) mass is 227 g/mol. The van der Waals surface area contributed by atoms with Crippen LogP contribution in [0.15, 0.2) is 0 Å². The first-order valence-corrected chi connectivity index (χ1v) is 6.36. The molecule has 0 saturated heterocycles. The first kappa shape index (κ1) is 13.5. The molecule has 0 aromatic heterocycles. The van der Waals surface area contributed by atoms with Gasteiger partial charge >= 0.3 is 0 Å². The summed E-state index contributed by atoms with van der Waals surface area (Å²) in [6, 6.07) is 0. The molecule has 2 atom stereocenters. The Morgan fingerprint density at radius 2 is 2.19 bits per heavy atom. The van der Waals surface area contributed by atoms with Crippen molar-refractivity contribution in [2.45, 2.75) is 46.5 Å². The van der Waals surface area contributed by atoms with E-state index in [0.717, 1.165) is 19.3 Å². The van der Waals surface area contributed by atoms with Crippen molar-refractivity contribution in [2.75, 3.05) is 13.2 Å². The average Bonchev–Trinajstić information content (AvgIpc) is 2.24. The average molecular weight is 227 g/mol. The fourth-order valence-corrected chi connectivity index (χ4v) is 2.44. The summed E-state index contributed by atoms with van der Waals surface area (Å²) >= 11 is 0. The van der Waals surface area contributed by atoms with Crippen LogP contribution >= 0.6 is 0 Å². The first-order chi connectivity index (χ1) is 7.47. The molecular weight excluding hydrogens is 202 g/mol. The lowest BCUT2D eigenvalue weighted by atomic mass is 9.68. The van der Waals surface area contributed by atoms with Gasteiger partial charge in [-0.25, -0.2) is 0 Å². The van der Waals surface area contributed by atoms with Crippen LogP contribution in [0.25, 0.3) is 0 Å². The van der Waals surface area contributed by atoms with E-state index in [2.05, 4.69) is 19.2 Å². The molecule has 1 amide bonds. The fourth-order valence-electron chi connectivity index (χ4n) is 2.44. The molecule has 1 saturated carbocycles. The number of amides is 1. The number of carbonyl (C=O) groups excluding carboxylic acids is 1. The Labute approximate surface area is 98.6 Å². The van der Waals surface area contributed by atoms with Crippen molar-refractivity contribution in [3.05, 3.63) is 0 Å². The normalized spacial score (nSPS) is 26.1. The summed E-state index contributed by atoms with van der Waals surface area (Å²) in [5, 5.41) is 11.9. The van der Waals surface area contributed by atoms with E-state index in [-0.39, 0.29) is 29.8 Å². The summed E-state index contributed by atoms with van der Waals surface area (Å²) in [7, 11) is 0. The molecule has 0 spiro atoms. The Morgan fingerprint density at radius 3 is 2.75 bits per heavy atom. The van der Waals surface area contributed by atoms with Gasteiger partial charge in [0.1, 0.15) is 0 Å². The predicted molar refractivity (Wildman–Crippen MR) is 65.0 cm³/mol. The van der Waals surface area contributed by atoms with Crippen molar-refractivity contribution in [3.63, 3.8) is 0 Å². The third-order valence-corrected chi connectivity index (χ3v) is 3.76. The van der Waals surface area contributed by atoms with Gasteiger partial charge in [0.15, 0.2) is 0 Å². The quantitative estimate of drug-likeness (QED) is 0.771. The van der Waals surface area contributed by atoms with Gasteiger partial charge in [-0.2, -0.15) is 0 Å². The molecule has 0 aliphatic heterocycles. The number of rotatable bonds is 4. The van der Waals surface area contributed by atoms with Crippen LogP contribution in [0.3, 0.4) is 0 Å². The van der Waals surface area contributed by atoms with Crippen molar-refractivity contribution >= 4 is 5.91 Å². The highest BCUT2D eigenvalue weighted by atomic mass is 16.3. The van der Waals surface area contributed by atoms with Gasteiger partial charge in [0.25, 0.3) is 0 Å². The van der Waals surface area contributed by atoms with E-state index in [1.54, 1.807) is 0 Å². The zero-order valence-corrected chi connectivity index (χ0v) is 10.8. The molecule has 3 heteroatoms. The minimum Gasteiger partial charge on any atom is -0.396 e. The minimum absolute atomic E-state index is 0.130. The van der Waals surface area contributed by atoms with Gasteiger partial charge in [-0.05, 0) is 24.2 Å². The van der Waals surface area contributed by atoms with E-state index in [9.17, 15) is 4.79 Å². The molecule has 3 nitrogen and oxygen atoms in total. The maximum atomic E-state index is 12.0. The van der Waals surface area contributed by atoms with Crippen molar-refractivity contribution in [1.29, 1.82) is 0 Å². The van der Waals surface area contributed by atoms with Gasteiger partial charge in [-0.1, -0.05) is 33.6 Å². The summed E-state index contributed by atoms with van der Waals surface area (Å²) in [6.07, 6.45) is 4.55. The van der Waals surface area contributed by atoms with E-state index in [0.29, 0.717) is 6.54 Å². The van der Waals surface area contributed by atoms with Crippen molar-refractivity contribution < 1.29 is 9.90 Å². The molecule has 2 N–H and O–H groups in total. The van der Waals surface area contributed by atoms with Crippen molar-refractivity contribution in [2.24, 2.45) is 17.3 Å². The summed E-state index contributed by atoms with van der Waals surface area (Å²) in [5.74, 6) is 0.466. The highest BCUT2D eigenvalue weighted by Gasteiger charge is 2.36. The molecule has 0 radical (unpaired) electrons. The summed E-state index contributed by atoms with van der Waals surface area (Å²) < 4.78 is 0. The van der Waals surface area contributed by atoms with E-state index < -0.39 is 0 Å². The summed E-state index contributed by atoms with van der Waals surface area (Å²) in [6.45, 7) is 7.03. The molecule has 16 heavy (non-hydrogen) atoms. The van der Waals surface area contributed by atoms with E-state index >= 15 is 0 Å². The molecule has 0 bridgehead atoms. The Hall–Kier alpha value is -0.570. The summed E-state index contributed by atoms with van der Waals surface area (Å²) in [5.41, 5.74) is 0.130. The molecule has 1 rings (SSSR count). The predicted octanol–water partition coefficient (Wildman–Crippen LogP) is 1.95. The second-order valence-corrected chi connectivity index (χ2v) is 5.82. The van der Waals surface area contributed by atoms with Crippen LogP contribution in [0.4, 0.5) is 0 Å². The third-order valence-electron chi connectivity index (χ3n) is 3.76. The molecule has 0 aromatic rings. The molecule has 1 aliphatic rings. The van der Waals surface area contributed by atoms with Gasteiger partial charge in [-0.3, -0.25) is 4.79 Å². The summed E-state index contributed by atoms with van der Waals surface area (Å²) in [4.78, 5) is 12.0. The Balaban J connectivity index is 2.46. The van der Waals surface area contributed by atoms with Crippen LogP contribution in [-0.4, -0.2) is 24.2 Å². The second kappa shape index (κ2) is 5.67. The van der Waals surface area contributed by atoms with Crippen LogP contribution in [0, 0.1) is 17.3 Å². The first-order valence-electron chi connectivity index (χ1n) is 6.36. The molecular formula is C13H25NO2. The lowest BCUT2D eigenvalue weighted by molar-refractivity contribution is -0.130. The Bertz CT molecular complexity index is 238. The number of aliphatic hydroxyl groups is 1. The number of aliphatic hydroxyl groups excluding tert-OH is 1. The van der Waals surface area contributed by atoms with Crippen LogP contribution in [0.1, 0.15) is 46.5 Å². The van der Waals surface area contributed by atoms with Gasteiger partial charge in [0.2, 0.25) is 5.91 Å². The highest BCUT2D eigenvalue weighted by molar-refractivity contribution is 5.79. The Morgan fingerprint density at radius 1 is 1.50 bits per heavy atom. The van der Waals surface area contributed by atoms with Gasteiger partial charge in [-0.15, -0.1) is 0 Å². The molecule has 2 unspecified atom stereocenters. The number of nitrogens with one attached hydrogen (secondary N) is 1. The van der Waals surface area contributed by atoms with Crippen molar-refractivity contribution in [1.82, 2.24) is 5.32 Å². The molecule has 94 valence electrons. The van der Waals surface area contributed by atoms with Crippen LogP contribution < -0.4 is 5.32 Å². The molecule has 0 heterocycles. The molecule has 0 aromatic carbocycles. The number of hydrogen-bond donors (Lipinski definition) is 2. The van der Waals surface area contributed by atoms with E-state index in [1.807, 2.05) is 6.92 Å². The number of carbonyl (C=O) groups is 1. The maximum absolute atomic E-state index is 12.0. The largest absolute Gasteiger partial charge is 0.396 e. The zero-order chi connectivity index (χ0) is 12.2. The topological polar surface area (TPSA) is 49.3 Å². The molecule has 1 aliphatic carbocycles. The molecule has 1 fully saturated rings. The standard InChI is InChI=1S/C13H25NO2/c1-10(9-15)8-14-12(16)11-6-4-5-7-13(11,2)3/h10-11,15H,4-9H2,1-3H3,(H,14,16). The van der Waals surface area contributed by atoms with Gasteiger partial charge in [0, 0.05) is 19.1 Å². The SMILES string of the molecule is CC(CO)CNC(=O)C1CCCCC1(C)C. The fraction of sp³-hybridized carbons (Fsp3) is 0.923. The maximum Gasteiger partial charge on any atom is 0.223 e. The lowest BCUT2D eigenvalue weighted by Crippen LogP contribution is -2.42. The van der Waals surface area contributed by atoms with Gasteiger partial charge in [0.05, 0.1) is 0 Å². The van der Waals surface area contributed by atoms with E-state index in [4.69, 9.17) is 5.11 Å². The van der Waals surface area contributed by atoms with Crippen LogP contribution in [0.2, 0.25) is 0 Å². The third kappa shape index (κ3) is 3.48. The zero-order valence-electron chi connectivity index (χ0n) is 10.8. The second-order valence-electron chi connectivity index (χ2n) is 5.82. The van der Waals surface area contributed by atoms with Crippen molar-refractivity contribution in [3.8, 4) is 0 Å². The Kier molecular flexibility index (Phi) is 4.78. The van der Waals surface area contributed by atoms with Gasteiger partial charge < -0.3 is 10.4 Å². The van der Waals surface area contributed by atoms with Crippen LogP contribution in [-0.2, 0) is 4.79 Å². The van der Waals surface area contributed by atoms with E-state index in [1.165, 1.54) is 6.42 Å².